The monoisotopic (exact) mass is 318 g/mol. The second-order valence-electron chi connectivity index (χ2n) is 5.17. The van der Waals surface area contributed by atoms with E-state index in [-0.39, 0.29) is 11.4 Å². The Kier molecular flexibility index (Phi) is 4.34. The van der Waals surface area contributed by atoms with E-state index in [1.165, 1.54) is 24.4 Å². The van der Waals surface area contributed by atoms with E-state index < -0.39 is 4.92 Å². The van der Waals surface area contributed by atoms with Crippen LogP contribution < -0.4 is 0 Å². The molecule has 0 bridgehead atoms. The highest BCUT2D eigenvalue weighted by atomic mass is 16.6. The highest BCUT2D eigenvalue weighted by Crippen LogP contribution is 2.25. The number of nitro groups is 1. The van der Waals surface area contributed by atoms with Crippen molar-refractivity contribution in [1.29, 1.82) is 0 Å². The lowest BCUT2D eigenvalue weighted by Gasteiger charge is -2.03. The smallest absolute Gasteiger partial charge is 0.270 e. The quantitative estimate of drug-likeness (QED) is 0.429. The van der Waals surface area contributed by atoms with Crippen LogP contribution in [0, 0.1) is 10.1 Å². The topological polar surface area (TPSA) is 75.7 Å². The van der Waals surface area contributed by atoms with Crippen LogP contribution in [0.25, 0.3) is 11.1 Å². The fourth-order valence-electron chi connectivity index (χ4n) is 2.30. The van der Waals surface area contributed by atoms with E-state index in [9.17, 15) is 15.2 Å². The van der Waals surface area contributed by atoms with Crippen molar-refractivity contribution in [3.8, 4) is 16.9 Å². The average Bonchev–Trinajstić information content (AvgIpc) is 2.62. The van der Waals surface area contributed by atoms with E-state index in [0.717, 1.165) is 11.1 Å². The van der Waals surface area contributed by atoms with Crippen LogP contribution in [0.3, 0.4) is 0 Å². The molecule has 0 aliphatic heterocycles. The maximum Gasteiger partial charge on any atom is 0.270 e. The number of nitrogens with zero attached hydrogens (tertiary/aromatic N) is 2. The van der Waals surface area contributed by atoms with E-state index in [1.807, 2.05) is 54.6 Å². The maximum atomic E-state index is 10.8. The van der Waals surface area contributed by atoms with Crippen LogP contribution in [0.4, 0.5) is 11.4 Å². The number of non-ortho nitro benzene ring substituents is 1. The Morgan fingerprint density at radius 3 is 2.42 bits per heavy atom. The molecule has 3 aromatic rings. The van der Waals surface area contributed by atoms with Crippen LogP contribution in [-0.4, -0.2) is 16.2 Å². The fraction of sp³-hybridized carbons (Fsp3) is 0. The van der Waals surface area contributed by atoms with Gasteiger partial charge in [0.05, 0.1) is 10.6 Å². The van der Waals surface area contributed by atoms with Crippen molar-refractivity contribution in [1.82, 2.24) is 0 Å². The summed E-state index contributed by atoms with van der Waals surface area (Å²) in [6.45, 7) is 0. The first-order valence-electron chi connectivity index (χ1n) is 7.30. The first-order chi connectivity index (χ1) is 11.6. The molecule has 0 spiro atoms. The van der Waals surface area contributed by atoms with Gasteiger partial charge in [0.25, 0.3) is 5.69 Å². The van der Waals surface area contributed by atoms with Gasteiger partial charge in [0.2, 0.25) is 0 Å². The number of aliphatic imine (C=N–C) groups is 1. The van der Waals surface area contributed by atoms with Crippen LogP contribution in [-0.2, 0) is 0 Å². The summed E-state index contributed by atoms with van der Waals surface area (Å²) in [6.07, 6.45) is 1.42. The highest BCUT2D eigenvalue weighted by Gasteiger charge is 2.08. The van der Waals surface area contributed by atoms with Crippen molar-refractivity contribution >= 4 is 17.6 Å². The molecule has 3 rings (SSSR count). The minimum absolute atomic E-state index is 0.0523. The van der Waals surface area contributed by atoms with E-state index in [0.29, 0.717) is 11.3 Å². The lowest BCUT2D eigenvalue weighted by atomic mass is 10.1. The third-order valence-electron chi connectivity index (χ3n) is 3.53. The Labute approximate surface area is 138 Å². The lowest BCUT2D eigenvalue weighted by molar-refractivity contribution is -0.384. The molecule has 118 valence electrons. The predicted molar refractivity (Wildman–Crippen MR) is 93.9 cm³/mol. The zero-order chi connectivity index (χ0) is 16.9. The summed E-state index contributed by atoms with van der Waals surface area (Å²) in [5.41, 5.74) is 3.00. The zero-order valence-corrected chi connectivity index (χ0v) is 12.7. The third kappa shape index (κ3) is 3.47. The van der Waals surface area contributed by atoms with Crippen molar-refractivity contribution in [3.63, 3.8) is 0 Å². The normalized spacial score (nSPS) is 10.8. The molecule has 0 fully saturated rings. The molecule has 0 aliphatic carbocycles. The van der Waals surface area contributed by atoms with E-state index >= 15 is 0 Å². The maximum absolute atomic E-state index is 10.8. The molecular weight excluding hydrogens is 304 g/mol. The Morgan fingerprint density at radius 2 is 1.67 bits per heavy atom. The molecule has 0 radical (unpaired) electrons. The first kappa shape index (κ1) is 15.4. The molecule has 0 heterocycles. The van der Waals surface area contributed by atoms with E-state index in [1.54, 1.807) is 0 Å². The van der Waals surface area contributed by atoms with Gasteiger partial charge in [-0.1, -0.05) is 42.5 Å². The van der Waals surface area contributed by atoms with Crippen molar-refractivity contribution in [2.24, 2.45) is 4.99 Å². The van der Waals surface area contributed by atoms with Gasteiger partial charge in [-0.25, -0.2) is 0 Å². The van der Waals surface area contributed by atoms with Crippen molar-refractivity contribution in [2.75, 3.05) is 0 Å². The van der Waals surface area contributed by atoms with Crippen molar-refractivity contribution < 1.29 is 10.0 Å². The summed E-state index contributed by atoms with van der Waals surface area (Å²) < 4.78 is 0. The van der Waals surface area contributed by atoms with Crippen molar-refractivity contribution in [2.45, 2.75) is 0 Å². The van der Waals surface area contributed by atoms with Crippen LogP contribution in [0.5, 0.6) is 5.75 Å². The number of hydrogen-bond acceptors (Lipinski definition) is 4. The summed E-state index contributed by atoms with van der Waals surface area (Å²) in [7, 11) is 0. The summed E-state index contributed by atoms with van der Waals surface area (Å²) in [5, 5.41) is 20.6. The highest BCUT2D eigenvalue weighted by molar-refractivity contribution is 5.86. The molecule has 24 heavy (non-hydrogen) atoms. The lowest BCUT2D eigenvalue weighted by Crippen LogP contribution is -1.90. The van der Waals surface area contributed by atoms with Crippen LogP contribution in [0.15, 0.2) is 77.8 Å². The Balaban J connectivity index is 1.90. The second-order valence-corrected chi connectivity index (χ2v) is 5.17. The van der Waals surface area contributed by atoms with E-state index in [2.05, 4.69) is 4.99 Å². The molecule has 0 saturated heterocycles. The number of phenols is 1. The largest absolute Gasteiger partial charge is 0.507 e. The fourth-order valence-corrected chi connectivity index (χ4v) is 2.30. The van der Waals surface area contributed by atoms with Crippen molar-refractivity contribution in [3.05, 3.63) is 88.5 Å². The molecule has 0 atom stereocenters. The third-order valence-corrected chi connectivity index (χ3v) is 3.53. The molecule has 5 nitrogen and oxygen atoms in total. The zero-order valence-electron chi connectivity index (χ0n) is 12.7. The molecule has 0 unspecified atom stereocenters. The number of benzene rings is 3. The number of rotatable bonds is 4. The van der Waals surface area contributed by atoms with Crippen LogP contribution >= 0.6 is 0 Å². The predicted octanol–water partition coefficient (Wildman–Crippen LogP) is 4.72. The Morgan fingerprint density at radius 1 is 0.917 bits per heavy atom. The van der Waals surface area contributed by atoms with Gasteiger partial charge < -0.3 is 5.11 Å². The minimum Gasteiger partial charge on any atom is -0.507 e. The molecule has 0 amide bonds. The average molecular weight is 318 g/mol. The standard InChI is InChI=1S/C19H14N2O3/c22-19-10-9-18(21(23)24)12-16(19)13-20-17-8-4-7-15(11-17)14-5-2-1-3-6-14/h1-13,22H/b20-13+. The number of hydrogen-bond donors (Lipinski definition) is 1. The van der Waals surface area contributed by atoms with Crippen LogP contribution in [0.2, 0.25) is 0 Å². The Bertz CT molecular complexity index is 905. The first-order valence-corrected chi connectivity index (χ1v) is 7.30. The summed E-state index contributed by atoms with van der Waals surface area (Å²) in [5.74, 6) is -0.0523. The van der Waals surface area contributed by atoms with Gasteiger partial charge in [0, 0.05) is 23.9 Å². The van der Waals surface area contributed by atoms with Gasteiger partial charge in [0.1, 0.15) is 5.75 Å². The number of aromatic hydroxyl groups is 1. The van der Waals surface area contributed by atoms with Gasteiger partial charge in [-0.05, 0) is 29.3 Å². The number of phenolic OH excluding ortho intramolecular Hbond substituents is 1. The number of nitro benzene ring substituents is 1. The SMILES string of the molecule is O=[N+]([O-])c1ccc(O)c(/C=N/c2cccc(-c3ccccc3)c2)c1. The molecule has 0 aliphatic rings. The second kappa shape index (κ2) is 6.75. The van der Waals surface area contributed by atoms with Gasteiger partial charge in [-0.3, -0.25) is 15.1 Å². The molecule has 5 heteroatoms. The molecule has 3 aromatic carbocycles. The van der Waals surface area contributed by atoms with Gasteiger partial charge in [-0.2, -0.15) is 0 Å². The molecule has 0 aromatic heterocycles. The minimum atomic E-state index is -0.507. The van der Waals surface area contributed by atoms with E-state index in [4.69, 9.17) is 0 Å². The summed E-state index contributed by atoms with van der Waals surface area (Å²) >= 11 is 0. The summed E-state index contributed by atoms with van der Waals surface area (Å²) in [6, 6.07) is 21.4. The molecule has 1 N–H and O–H groups in total. The molecule has 0 saturated carbocycles. The Hall–Kier alpha value is -3.47. The van der Waals surface area contributed by atoms with Gasteiger partial charge >= 0.3 is 0 Å². The van der Waals surface area contributed by atoms with Gasteiger partial charge in [-0.15, -0.1) is 0 Å². The van der Waals surface area contributed by atoms with Crippen LogP contribution in [0.1, 0.15) is 5.56 Å². The summed E-state index contributed by atoms with van der Waals surface area (Å²) in [4.78, 5) is 14.6. The molecular formula is C19H14N2O3. The van der Waals surface area contributed by atoms with Gasteiger partial charge in [0.15, 0.2) is 0 Å².